The van der Waals surface area contributed by atoms with E-state index in [1.165, 1.54) is 6.26 Å². The molecule has 1 aromatic heterocycles. The van der Waals surface area contributed by atoms with Crippen LogP contribution in [0.5, 0.6) is 5.75 Å². The molecule has 0 aliphatic carbocycles. The highest BCUT2D eigenvalue weighted by Crippen LogP contribution is 2.23. The molecule has 144 valence electrons. The third-order valence-corrected chi connectivity index (χ3v) is 4.75. The van der Waals surface area contributed by atoms with Crippen LogP contribution in [0.15, 0.2) is 64.0 Å². The first-order chi connectivity index (χ1) is 13.7. The molecule has 1 fully saturated rings. The average Bonchev–Trinajstić information content (AvgIpc) is 3.25. The van der Waals surface area contributed by atoms with Gasteiger partial charge in [-0.05, 0) is 30.5 Å². The summed E-state index contributed by atoms with van der Waals surface area (Å²) in [6, 6.07) is 14.3. The minimum Gasteiger partial charge on any atom is -0.484 e. The van der Waals surface area contributed by atoms with Crippen LogP contribution in [-0.2, 0) is 9.53 Å². The molecule has 1 saturated heterocycles. The zero-order chi connectivity index (χ0) is 19.3. The zero-order valence-electron chi connectivity index (χ0n) is 15.4. The van der Waals surface area contributed by atoms with Crippen molar-refractivity contribution in [1.29, 1.82) is 0 Å². The Hall–Kier alpha value is -3.12. The highest BCUT2D eigenvalue weighted by molar-refractivity contribution is 5.83. The molecule has 0 spiro atoms. The van der Waals surface area contributed by atoms with E-state index in [0.717, 1.165) is 25.0 Å². The van der Waals surface area contributed by atoms with Gasteiger partial charge in [0.2, 0.25) is 0 Å². The Morgan fingerprint density at radius 1 is 1.18 bits per heavy atom. The highest BCUT2D eigenvalue weighted by Gasteiger charge is 2.16. The minimum absolute atomic E-state index is 0.0951. The van der Waals surface area contributed by atoms with Crippen LogP contribution in [0.4, 0.5) is 0 Å². The maximum atomic E-state index is 12.7. The maximum Gasteiger partial charge on any atom is 0.258 e. The Balaban J connectivity index is 1.43. The number of fused-ring (bicyclic) bond motifs is 1. The fourth-order valence-electron chi connectivity index (χ4n) is 3.25. The number of benzene rings is 2. The van der Waals surface area contributed by atoms with Gasteiger partial charge in [-0.15, -0.1) is 0 Å². The summed E-state index contributed by atoms with van der Waals surface area (Å²) in [6.45, 7) is 1.15. The molecule has 6 heteroatoms. The van der Waals surface area contributed by atoms with Crippen molar-refractivity contribution in [3.63, 3.8) is 0 Å². The number of carbonyl (C=O) groups is 1. The quantitative estimate of drug-likeness (QED) is 0.712. The molecule has 1 atom stereocenters. The lowest BCUT2D eigenvalue weighted by molar-refractivity contribution is -0.123. The van der Waals surface area contributed by atoms with Gasteiger partial charge in [-0.1, -0.05) is 30.3 Å². The number of nitrogens with one attached hydrogen (secondary N) is 1. The number of hydrogen-bond donors (Lipinski definition) is 1. The van der Waals surface area contributed by atoms with Gasteiger partial charge in [0.15, 0.2) is 12.0 Å². The van der Waals surface area contributed by atoms with E-state index in [0.29, 0.717) is 28.8 Å². The Labute approximate surface area is 162 Å². The van der Waals surface area contributed by atoms with E-state index in [1.54, 1.807) is 18.2 Å². The molecule has 6 nitrogen and oxygen atoms in total. The first-order valence-electron chi connectivity index (χ1n) is 9.33. The lowest BCUT2D eigenvalue weighted by atomic mass is 10.1. The third-order valence-electron chi connectivity index (χ3n) is 4.75. The highest BCUT2D eigenvalue weighted by atomic mass is 16.5. The van der Waals surface area contributed by atoms with Crippen LogP contribution in [-0.4, -0.2) is 31.8 Å². The summed E-state index contributed by atoms with van der Waals surface area (Å²) in [7, 11) is 0. The van der Waals surface area contributed by atoms with Crippen LogP contribution in [0.3, 0.4) is 0 Å². The lowest BCUT2D eigenvalue weighted by Crippen LogP contribution is -2.35. The maximum absolute atomic E-state index is 12.7. The second-order valence-corrected chi connectivity index (χ2v) is 6.73. The van der Waals surface area contributed by atoms with Gasteiger partial charge in [0.25, 0.3) is 5.91 Å². The summed E-state index contributed by atoms with van der Waals surface area (Å²) in [5, 5.41) is 3.27. The normalized spacial score (nSPS) is 16.2. The standard InChI is InChI=1S/C22H21NO5/c24-21(23-12-17-7-4-10-26-17)14-27-16-8-9-18-20(11-16)28-13-19(22(18)25)15-5-2-1-3-6-15/h1-3,5-6,8-9,11,13,17H,4,7,10,12,14H2,(H,23,24). The van der Waals surface area contributed by atoms with Gasteiger partial charge in [-0.25, -0.2) is 0 Å². The zero-order valence-corrected chi connectivity index (χ0v) is 15.4. The lowest BCUT2D eigenvalue weighted by Gasteiger charge is -2.11. The van der Waals surface area contributed by atoms with Gasteiger partial charge in [0.05, 0.1) is 17.1 Å². The molecule has 1 amide bonds. The average molecular weight is 379 g/mol. The number of amides is 1. The van der Waals surface area contributed by atoms with Crippen molar-refractivity contribution in [3.05, 3.63) is 65.0 Å². The van der Waals surface area contributed by atoms with Crippen molar-refractivity contribution >= 4 is 16.9 Å². The van der Waals surface area contributed by atoms with Crippen molar-refractivity contribution in [2.75, 3.05) is 19.8 Å². The van der Waals surface area contributed by atoms with E-state index in [1.807, 2.05) is 30.3 Å². The molecule has 2 heterocycles. The van der Waals surface area contributed by atoms with E-state index in [2.05, 4.69) is 5.32 Å². The molecule has 28 heavy (non-hydrogen) atoms. The van der Waals surface area contributed by atoms with Crippen LogP contribution in [0.2, 0.25) is 0 Å². The Bertz CT molecular complexity index is 1020. The molecule has 2 aromatic carbocycles. The van der Waals surface area contributed by atoms with Crippen LogP contribution in [0, 0.1) is 0 Å². The van der Waals surface area contributed by atoms with E-state index < -0.39 is 0 Å². The van der Waals surface area contributed by atoms with Crippen molar-refractivity contribution in [1.82, 2.24) is 5.32 Å². The van der Waals surface area contributed by atoms with E-state index >= 15 is 0 Å². The Morgan fingerprint density at radius 3 is 2.82 bits per heavy atom. The van der Waals surface area contributed by atoms with Crippen molar-refractivity contribution in [3.8, 4) is 16.9 Å². The molecule has 1 N–H and O–H groups in total. The van der Waals surface area contributed by atoms with E-state index in [4.69, 9.17) is 13.9 Å². The summed E-state index contributed by atoms with van der Waals surface area (Å²) < 4.78 is 16.6. The number of rotatable bonds is 6. The molecular formula is C22H21NO5. The summed E-state index contributed by atoms with van der Waals surface area (Å²) in [5.41, 5.74) is 1.63. The van der Waals surface area contributed by atoms with Gasteiger partial charge in [-0.3, -0.25) is 9.59 Å². The van der Waals surface area contributed by atoms with Gasteiger partial charge in [0.1, 0.15) is 17.6 Å². The van der Waals surface area contributed by atoms with Gasteiger partial charge < -0.3 is 19.2 Å². The summed E-state index contributed by atoms with van der Waals surface area (Å²) in [5.74, 6) is 0.256. The van der Waals surface area contributed by atoms with Crippen molar-refractivity contribution in [2.45, 2.75) is 18.9 Å². The molecular weight excluding hydrogens is 358 g/mol. The topological polar surface area (TPSA) is 77.8 Å². The molecule has 0 bridgehead atoms. The molecule has 1 aliphatic heterocycles. The van der Waals surface area contributed by atoms with Gasteiger partial charge in [0, 0.05) is 19.2 Å². The van der Waals surface area contributed by atoms with E-state index in [9.17, 15) is 9.59 Å². The van der Waals surface area contributed by atoms with E-state index in [-0.39, 0.29) is 24.0 Å². The van der Waals surface area contributed by atoms with Gasteiger partial charge in [-0.2, -0.15) is 0 Å². The second-order valence-electron chi connectivity index (χ2n) is 6.73. The first-order valence-corrected chi connectivity index (χ1v) is 9.33. The largest absolute Gasteiger partial charge is 0.484 e. The summed E-state index contributed by atoms with van der Waals surface area (Å²) >= 11 is 0. The van der Waals surface area contributed by atoms with Crippen molar-refractivity contribution < 1.29 is 18.7 Å². The second kappa shape index (κ2) is 8.27. The molecule has 0 radical (unpaired) electrons. The molecule has 1 unspecified atom stereocenters. The number of ether oxygens (including phenoxy) is 2. The Morgan fingerprint density at radius 2 is 2.04 bits per heavy atom. The molecule has 0 saturated carbocycles. The fraction of sp³-hybridized carbons (Fsp3) is 0.273. The SMILES string of the molecule is O=C(COc1ccc2c(=O)c(-c3ccccc3)coc2c1)NCC1CCCO1. The minimum atomic E-state index is -0.212. The van der Waals surface area contributed by atoms with Crippen molar-refractivity contribution in [2.24, 2.45) is 0 Å². The first kappa shape index (κ1) is 18.3. The van der Waals surface area contributed by atoms with Crippen LogP contribution >= 0.6 is 0 Å². The Kier molecular flexibility index (Phi) is 5.39. The van der Waals surface area contributed by atoms with Crippen LogP contribution < -0.4 is 15.5 Å². The van der Waals surface area contributed by atoms with Crippen LogP contribution in [0.1, 0.15) is 12.8 Å². The molecule has 1 aliphatic rings. The number of hydrogen-bond acceptors (Lipinski definition) is 5. The summed E-state index contributed by atoms with van der Waals surface area (Å²) in [4.78, 5) is 24.7. The molecule has 4 rings (SSSR count). The monoisotopic (exact) mass is 379 g/mol. The predicted octanol–water partition coefficient (Wildman–Crippen LogP) is 3.13. The summed E-state index contributed by atoms with van der Waals surface area (Å²) in [6.07, 6.45) is 3.55. The number of carbonyl (C=O) groups excluding carboxylic acids is 1. The van der Waals surface area contributed by atoms with Gasteiger partial charge >= 0.3 is 0 Å². The fourth-order valence-corrected chi connectivity index (χ4v) is 3.25. The van der Waals surface area contributed by atoms with Crippen LogP contribution in [0.25, 0.3) is 22.1 Å². The molecule has 3 aromatic rings. The smallest absolute Gasteiger partial charge is 0.258 e. The third kappa shape index (κ3) is 4.07. The predicted molar refractivity (Wildman–Crippen MR) is 105 cm³/mol.